The van der Waals surface area contributed by atoms with E-state index in [2.05, 4.69) is 39.4 Å². The summed E-state index contributed by atoms with van der Waals surface area (Å²) in [5.74, 6) is 3.35. The Kier molecular flexibility index (Phi) is 6.18. The van der Waals surface area contributed by atoms with Crippen molar-refractivity contribution in [3.05, 3.63) is 35.9 Å². The van der Waals surface area contributed by atoms with Crippen molar-refractivity contribution in [3.63, 3.8) is 0 Å². The largest absolute Gasteiger partial charge is 0.334 e. The van der Waals surface area contributed by atoms with Gasteiger partial charge in [-0.05, 0) is 49.2 Å². The molecule has 6 rings (SSSR count). The average molecular weight is 398 g/mol. The average Bonchev–Trinajstić information content (AvgIpc) is 3.12. The van der Waals surface area contributed by atoms with E-state index in [0.717, 1.165) is 43.8 Å². The summed E-state index contributed by atoms with van der Waals surface area (Å²) in [4.78, 5) is 17.7. The van der Waals surface area contributed by atoms with Gasteiger partial charge >= 0.3 is 0 Å². The second kappa shape index (κ2) is 8.05. The van der Waals surface area contributed by atoms with Gasteiger partial charge in [-0.15, -0.1) is 24.8 Å². The zero-order valence-electron chi connectivity index (χ0n) is 15.0. The smallest absolute Gasteiger partial charge is 0.227 e. The van der Waals surface area contributed by atoms with Gasteiger partial charge in [0.05, 0.1) is 5.92 Å². The number of amides is 1. The molecule has 4 heterocycles. The molecule has 144 valence electrons. The molecular weight excluding hydrogens is 369 g/mol. The second-order valence-electron chi connectivity index (χ2n) is 8.25. The summed E-state index contributed by atoms with van der Waals surface area (Å²) in [6.07, 6.45) is 2.27. The minimum Gasteiger partial charge on any atom is -0.334 e. The fourth-order valence-electron chi connectivity index (χ4n) is 5.38. The molecule has 1 aliphatic carbocycles. The van der Waals surface area contributed by atoms with Crippen molar-refractivity contribution < 1.29 is 4.79 Å². The van der Waals surface area contributed by atoms with Crippen LogP contribution in [0.25, 0.3) is 0 Å². The Labute approximate surface area is 168 Å². The molecule has 1 saturated carbocycles. The Balaban J connectivity index is 0.000000980. The zero-order valence-corrected chi connectivity index (χ0v) is 16.7. The number of carbonyl (C=O) groups is 1. The van der Waals surface area contributed by atoms with Crippen molar-refractivity contribution in [1.82, 2.24) is 15.1 Å². The minimum absolute atomic E-state index is 0. The number of benzene rings is 1. The SMILES string of the molecule is Cl.Cl.O=C1[C@H]2CC[C@H](CN(CC3[C@H]4CNC[C@@H]34)C2)N1Cc1ccccc1. The molecule has 1 N–H and O–H groups in total. The van der Waals surface area contributed by atoms with Crippen molar-refractivity contribution in [2.75, 3.05) is 32.7 Å². The van der Waals surface area contributed by atoms with Crippen LogP contribution in [0.1, 0.15) is 18.4 Å². The van der Waals surface area contributed by atoms with Gasteiger partial charge in [-0.3, -0.25) is 4.79 Å². The molecular formula is C20H29Cl2N3O. The van der Waals surface area contributed by atoms with E-state index in [0.29, 0.717) is 11.9 Å². The number of rotatable bonds is 4. The molecule has 4 aliphatic heterocycles. The Morgan fingerprint density at radius 3 is 2.46 bits per heavy atom. The van der Waals surface area contributed by atoms with E-state index in [4.69, 9.17) is 0 Å². The van der Waals surface area contributed by atoms with Crippen molar-refractivity contribution in [2.24, 2.45) is 23.7 Å². The lowest BCUT2D eigenvalue weighted by Gasteiger charge is -2.36. The third kappa shape index (κ3) is 3.62. The summed E-state index contributed by atoms with van der Waals surface area (Å²) in [6.45, 7) is 6.51. The highest BCUT2D eigenvalue weighted by Crippen LogP contribution is 2.49. The van der Waals surface area contributed by atoms with Crippen LogP contribution < -0.4 is 5.32 Å². The van der Waals surface area contributed by atoms with Crippen LogP contribution in [0.4, 0.5) is 0 Å². The topological polar surface area (TPSA) is 35.6 Å². The van der Waals surface area contributed by atoms with E-state index >= 15 is 0 Å². The van der Waals surface area contributed by atoms with E-state index in [1.54, 1.807) is 0 Å². The number of piperidine rings is 2. The van der Waals surface area contributed by atoms with Gasteiger partial charge in [0, 0.05) is 32.2 Å². The van der Waals surface area contributed by atoms with Crippen LogP contribution in [0.5, 0.6) is 0 Å². The Morgan fingerprint density at radius 2 is 1.73 bits per heavy atom. The Hall–Kier alpha value is -0.810. The number of carbonyl (C=O) groups excluding carboxylic acids is 1. The summed E-state index contributed by atoms with van der Waals surface area (Å²) < 4.78 is 0. The minimum atomic E-state index is 0. The maximum atomic E-state index is 12.9. The molecule has 26 heavy (non-hydrogen) atoms. The first-order chi connectivity index (χ1) is 11.8. The van der Waals surface area contributed by atoms with Crippen LogP contribution in [0.3, 0.4) is 0 Å². The molecule has 5 fully saturated rings. The van der Waals surface area contributed by atoms with Crippen LogP contribution in [0, 0.1) is 23.7 Å². The van der Waals surface area contributed by atoms with Gasteiger partial charge in [0.1, 0.15) is 0 Å². The van der Waals surface area contributed by atoms with Crippen molar-refractivity contribution in [1.29, 1.82) is 0 Å². The van der Waals surface area contributed by atoms with E-state index in [-0.39, 0.29) is 30.7 Å². The fourth-order valence-corrected chi connectivity index (χ4v) is 5.38. The van der Waals surface area contributed by atoms with Gasteiger partial charge in [-0.25, -0.2) is 0 Å². The maximum absolute atomic E-state index is 12.9. The number of nitrogens with one attached hydrogen (secondary N) is 1. The summed E-state index contributed by atoms with van der Waals surface area (Å²) in [6, 6.07) is 10.9. The van der Waals surface area contributed by atoms with E-state index in [9.17, 15) is 4.79 Å². The van der Waals surface area contributed by atoms with Crippen molar-refractivity contribution >= 4 is 30.7 Å². The van der Waals surface area contributed by atoms with Gasteiger partial charge in [0.25, 0.3) is 0 Å². The number of halogens is 2. The molecule has 0 radical (unpaired) electrons. The van der Waals surface area contributed by atoms with E-state index < -0.39 is 0 Å². The molecule has 0 aromatic heterocycles. The highest BCUT2D eigenvalue weighted by molar-refractivity contribution is 5.85. The molecule has 0 spiro atoms. The zero-order chi connectivity index (χ0) is 16.1. The molecule has 1 unspecified atom stereocenters. The maximum Gasteiger partial charge on any atom is 0.227 e. The third-order valence-electron chi connectivity index (χ3n) is 6.80. The monoisotopic (exact) mass is 397 g/mol. The number of hydrogen-bond acceptors (Lipinski definition) is 3. The molecule has 5 atom stereocenters. The summed E-state index contributed by atoms with van der Waals surface area (Å²) in [5.41, 5.74) is 1.26. The van der Waals surface area contributed by atoms with Gasteiger partial charge in [0.15, 0.2) is 0 Å². The predicted octanol–water partition coefficient (Wildman–Crippen LogP) is 2.42. The molecule has 6 heteroatoms. The van der Waals surface area contributed by atoms with Gasteiger partial charge < -0.3 is 15.1 Å². The first-order valence-corrected chi connectivity index (χ1v) is 9.57. The van der Waals surface area contributed by atoms with Crippen LogP contribution >= 0.6 is 24.8 Å². The van der Waals surface area contributed by atoms with Gasteiger partial charge in [0.2, 0.25) is 5.91 Å². The lowest BCUT2D eigenvalue weighted by Crippen LogP contribution is -2.47. The quantitative estimate of drug-likeness (QED) is 0.846. The first-order valence-electron chi connectivity index (χ1n) is 9.57. The normalized spacial score (nSPS) is 35.3. The molecule has 1 aromatic carbocycles. The lowest BCUT2D eigenvalue weighted by molar-refractivity contribution is -0.140. The summed E-state index contributed by atoms with van der Waals surface area (Å²) in [7, 11) is 0. The van der Waals surface area contributed by atoms with Crippen molar-refractivity contribution in [2.45, 2.75) is 25.4 Å². The van der Waals surface area contributed by atoms with Crippen LogP contribution in [0.15, 0.2) is 30.3 Å². The Bertz CT molecular complexity index is 619. The van der Waals surface area contributed by atoms with Gasteiger partial charge in [-0.1, -0.05) is 30.3 Å². The standard InChI is InChI=1S/C20H27N3O.2ClH/c24-20-15-6-7-16(23(20)10-14-4-2-1-3-5-14)12-22(11-15)13-19-17-8-21-9-18(17)19;;/h1-5,15-19,21H,6-13H2;2*1H/t15-,16+,17-,18+,19?;;/m0../s1. The van der Waals surface area contributed by atoms with Crippen LogP contribution in [-0.4, -0.2) is 54.5 Å². The first kappa shape index (κ1) is 19.9. The fraction of sp³-hybridized carbons (Fsp3) is 0.650. The molecule has 5 aliphatic rings. The third-order valence-corrected chi connectivity index (χ3v) is 6.80. The number of hydrogen-bond donors (Lipinski definition) is 1. The van der Waals surface area contributed by atoms with Crippen molar-refractivity contribution in [3.8, 4) is 0 Å². The van der Waals surface area contributed by atoms with E-state index in [1.165, 1.54) is 31.6 Å². The molecule has 1 amide bonds. The van der Waals surface area contributed by atoms with Crippen LogP contribution in [0.2, 0.25) is 0 Å². The number of nitrogens with zero attached hydrogens (tertiary/aromatic N) is 2. The van der Waals surface area contributed by atoms with E-state index in [1.807, 2.05) is 6.07 Å². The highest BCUT2D eigenvalue weighted by Gasteiger charge is 2.53. The second-order valence-corrected chi connectivity index (χ2v) is 8.25. The molecule has 1 aromatic rings. The molecule has 2 bridgehead atoms. The van der Waals surface area contributed by atoms with Gasteiger partial charge in [-0.2, -0.15) is 0 Å². The van der Waals surface area contributed by atoms with Crippen LogP contribution in [-0.2, 0) is 11.3 Å². The lowest BCUT2D eigenvalue weighted by atomic mass is 9.93. The summed E-state index contributed by atoms with van der Waals surface area (Å²) in [5, 5.41) is 3.49. The summed E-state index contributed by atoms with van der Waals surface area (Å²) >= 11 is 0. The molecule has 4 saturated heterocycles. The molecule has 4 nitrogen and oxygen atoms in total. The Morgan fingerprint density at radius 1 is 1.00 bits per heavy atom. The number of fused-ring (bicyclic) bond motifs is 5. The highest BCUT2D eigenvalue weighted by atomic mass is 35.5. The predicted molar refractivity (Wildman–Crippen MR) is 108 cm³/mol.